The van der Waals surface area contributed by atoms with E-state index in [2.05, 4.69) is 11.8 Å². The van der Waals surface area contributed by atoms with Crippen LogP contribution in [0.4, 0.5) is 0 Å². The van der Waals surface area contributed by atoms with E-state index in [-0.39, 0.29) is 5.91 Å². The van der Waals surface area contributed by atoms with Gasteiger partial charge in [-0.15, -0.1) is 0 Å². The predicted octanol–water partition coefficient (Wildman–Crippen LogP) is 0.699. The summed E-state index contributed by atoms with van der Waals surface area (Å²) in [7, 11) is 3.45. The number of nitrogens with zero attached hydrogens (tertiary/aromatic N) is 1. The molecule has 15 heavy (non-hydrogen) atoms. The van der Waals surface area contributed by atoms with Crippen molar-refractivity contribution in [2.45, 2.75) is 0 Å². The van der Waals surface area contributed by atoms with Gasteiger partial charge < -0.3 is 10.6 Å². The van der Waals surface area contributed by atoms with Gasteiger partial charge in [0.1, 0.15) is 0 Å². The minimum atomic E-state index is -0.00617. The normalized spacial score (nSPS) is 9.00. The molecule has 0 saturated heterocycles. The maximum atomic E-state index is 11.5. The molecule has 2 N–H and O–H groups in total. The zero-order chi connectivity index (χ0) is 11.3. The molecule has 0 heterocycles. The SMILES string of the molecule is CN(C)C(=O)c1ccc(C#CCN)cc1. The fourth-order valence-corrected chi connectivity index (χ4v) is 1.11. The maximum absolute atomic E-state index is 11.5. The molecule has 0 aliphatic carbocycles. The van der Waals surface area contributed by atoms with E-state index in [0.29, 0.717) is 12.1 Å². The molecule has 0 aliphatic heterocycles. The summed E-state index contributed by atoms with van der Waals surface area (Å²) in [6.07, 6.45) is 0. The van der Waals surface area contributed by atoms with Crippen LogP contribution in [0.1, 0.15) is 15.9 Å². The van der Waals surface area contributed by atoms with Crippen molar-refractivity contribution in [1.82, 2.24) is 4.90 Å². The Morgan fingerprint density at radius 2 is 1.93 bits per heavy atom. The van der Waals surface area contributed by atoms with Crippen molar-refractivity contribution in [1.29, 1.82) is 0 Å². The Kier molecular flexibility index (Phi) is 3.90. The molecule has 78 valence electrons. The smallest absolute Gasteiger partial charge is 0.253 e. The van der Waals surface area contributed by atoms with Crippen molar-refractivity contribution in [2.24, 2.45) is 5.73 Å². The standard InChI is InChI=1S/C12H14N2O/c1-14(2)12(15)11-7-5-10(6-8-11)4-3-9-13/h5-8H,9,13H2,1-2H3. The van der Waals surface area contributed by atoms with Gasteiger partial charge in [0.25, 0.3) is 5.91 Å². The lowest BCUT2D eigenvalue weighted by Gasteiger charge is -2.09. The van der Waals surface area contributed by atoms with E-state index in [9.17, 15) is 4.79 Å². The Hall–Kier alpha value is -1.79. The Balaban J connectivity index is 2.85. The molecule has 0 atom stereocenters. The second-order valence-corrected chi connectivity index (χ2v) is 3.28. The van der Waals surface area contributed by atoms with Crippen molar-refractivity contribution in [3.05, 3.63) is 35.4 Å². The molecule has 0 fully saturated rings. The second-order valence-electron chi connectivity index (χ2n) is 3.28. The second kappa shape index (κ2) is 5.18. The highest BCUT2D eigenvalue weighted by Crippen LogP contribution is 2.05. The quantitative estimate of drug-likeness (QED) is 0.681. The number of rotatable bonds is 1. The summed E-state index contributed by atoms with van der Waals surface area (Å²) in [6, 6.07) is 7.17. The third-order valence-electron chi connectivity index (χ3n) is 1.87. The van der Waals surface area contributed by atoms with Gasteiger partial charge in [-0.25, -0.2) is 0 Å². The molecule has 1 rings (SSSR count). The molecule has 1 aromatic rings. The van der Waals surface area contributed by atoms with Crippen LogP contribution in [0.2, 0.25) is 0 Å². The van der Waals surface area contributed by atoms with Gasteiger partial charge in [-0.3, -0.25) is 4.79 Å². The Labute approximate surface area is 89.9 Å². The van der Waals surface area contributed by atoms with Crippen LogP contribution in [0.3, 0.4) is 0 Å². The molecular formula is C12H14N2O. The molecule has 0 unspecified atom stereocenters. The summed E-state index contributed by atoms with van der Waals surface area (Å²) in [6.45, 7) is 0.346. The highest BCUT2D eigenvalue weighted by Gasteiger charge is 2.06. The molecule has 0 radical (unpaired) electrons. The monoisotopic (exact) mass is 202 g/mol. The molecular weight excluding hydrogens is 188 g/mol. The molecule has 1 amide bonds. The number of hydrogen-bond donors (Lipinski definition) is 1. The molecule has 1 aromatic carbocycles. The summed E-state index contributed by atoms with van der Waals surface area (Å²) in [5.41, 5.74) is 6.80. The van der Waals surface area contributed by atoms with E-state index >= 15 is 0 Å². The first kappa shape index (κ1) is 11.3. The lowest BCUT2D eigenvalue weighted by molar-refractivity contribution is 0.0827. The van der Waals surface area contributed by atoms with Crippen molar-refractivity contribution >= 4 is 5.91 Å². The molecule has 0 spiro atoms. The molecule has 0 saturated carbocycles. The number of carbonyl (C=O) groups is 1. The zero-order valence-corrected chi connectivity index (χ0v) is 8.95. The van der Waals surface area contributed by atoms with Crippen molar-refractivity contribution < 1.29 is 4.79 Å². The van der Waals surface area contributed by atoms with Gasteiger partial charge in [0, 0.05) is 25.2 Å². The van der Waals surface area contributed by atoms with E-state index in [0.717, 1.165) is 5.56 Å². The largest absolute Gasteiger partial charge is 0.345 e. The summed E-state index contributed by atoms with van der Waals surface area (Å²) in [5.74, 6) is 5.65. The van der Waals surface area contributed by atoms with Gasteiger partial charge in [0.2, 0.25) is 0 Å². The molecule has 0 bridgehead atoms. The summed E-state index contributed by atoms with van der Waals surface area (Å²) >= 11 is 0. The van der Waals surface area contributed by atoms with Crippen molar-refractivity contribution in [2.75, 3.05) is 20.6 Å². The highest BCUT2D eigenvalue weighted by molar-refractivity contribution is 5.93. The Bertz CT molecular complexity index is 396. The minimum Gasteiger partial charge on any atom is -0.345 e. The Morgan fingerprint density at radius 3 is 2.40 bits per heavy atom. The lowest BCUT2D eigenvalue weighted by atomic mass is 10.1. The van der Waals surface area contributed by atoms with Crippen LogP contribution in [0.5, 0.6) is 0 Å². The van der Waals surface area contributed by atoms with Crippen LogP contribution < -0.4 is 5.73 Å². The fraction of sp³-hybridized carbons (Fsp3) is 0.250. The summed E-state index contributed by atoms with van der Waals surface area (Å²) < 4.78 is 0. The molecule has 0 aromatic heterocycles. The maximum Gasteiger partial charge on any atom is 0.253 e. The van der Waals surface area contributed by atoms with Crippen LogP contribution in [0.15, 0.2) is 24.3 Å². The van der Waals surface area contributed by atoms with E-state index in [4.69, 9.17) is 5.73 Å². The van der Waals surface area contributed by atoms with Crippen LogP contribution in [-0.2, 0) is 0 Å². The van der Waals surface area contributed by atoms with E-state index in [1.165, 1.54) is 0 Å². The van der Waals surface area contributed by atoms with Gasteiger partial charge in [0.15, 0.2) is 0 Å². The average Bonchev–Trinajstić information content (AvgIpc) is 2.26. The number of carbonyl (C=O) groups excluding carboxylic acids is 1. The molecule has 3 heteroatoms. The van der Waals surface area contributed by atoms with Crippen LogP contribution >= 0.6 is 0 Å². The number of amides is 1. The third kappa shape index (κ3) is 3.12. The molecule has 3 nitrogen and oxygen atoms in total. The van der Waals surface area contributed by atoms with Gasteiger partial charge >= 0.3 is 0 Å². The van der Waals surface area contributed by atoms with E-state index in [1.807, 2.05) is 12.1 Å². The van der Waals surface area contributed by atoms with Gasteiger partial charge in [-0.2, -0.15) is 0 Å². The number of nitrogens with two attached hydrogens (primary N) is 1. The first-order valence-corrected chi connectivity index (χ1v) is 4.66. The van der Waals surface area contributed by atoms with Gasteiger partial charge in [0.05, 0.1) is 6.54 Å². The van der Waals surface area contributed by atoms with Gasteiger partial charge in [-0.1, -0.05) is 11.8 Å². The first-order valence-electron chi connectivity index (χ1n) is 4.66. The third-order valence-corrected chi connectivity index (χ3v) is 1.87. The number of hydrogen-bond acceptors (Lipinski definition) is 2. The highest BCUT2D eigenvalue weighted by atomic mass is 16.2. The minimum absolute atomic E-state index is 0.00617. The zero-order valence-electron chi connectivity index (χ0n) is 8.95. The van der Waals surface area contributed by atoms with E-state index < -0.39 is 0 Å². The van der Waals surface area contributed by atoms with Crippen LogP contribution in [0.25, 0.3) is 0 Å². The predicted molar refractivity (Wildman–Crippen MR) is 60.4 cm³/mol. The van der Waals surface area contributed by atoms with Crippen LogP contribution in [-0.4, -0.2) is 31.4 Å². The topological polar surface area (TPSA) is 46.3 Å². The lowest BCUT2D eigenvalue weighted by Crippen LogP contribution is -2.21. The average molecular weight is 202 g/mol. The molecule has 0 aliphatic rings. The summed E-state index contributed by atoms with van der Waals surface area (Å²) in [4.78, 5) is 13.1. The fourth-order valence-electron chi connectivity index (χ4n) is 1.11. The van der Waals surface area contributed by atoms with Crippen molar-refractivity contribution in [3.63, 3.8) is 0 Å². The summed E-state index contributed by atoms with van der Waals surface area (Å²) in [5, 5.41) is 0. The Morgan fingerprint density at radius 1 is 1.33 bits per heavy atom. The number of benzene rings is 1. The van der Waals surface area contributed by atoms with Crippen LogP contribution in [0, 0.1) is 11.8 Å². The van der Waals surface area contributed by atoms with Gasteiger partial charge in [-0.05, 0) is 24.3 Å². The first-order chi connectivity index (χ1) is 7.15. The van der Waals surface area contributed by atoms with Crippen molar-refractivity contribution in [3.8, 4) is 11.8 Å². The van der Waals surface area contributed by atoms with E-state index in [1.54, 1.807) is 31.1 Å².